The molecule has 1 amide bonds. The molecule has 1 aliphatic heterocycles. The third-order valence-corrected chi connectivity index (χ3v) is 5.09. The van der Waals surface area contributed by atoms with Crippen molar-refractivity contribution in [3.63, 3.8) is 0 Å². The van der Waals surface area contributed by atoms with Crippen molar-refractivity contribution in [1.29, 1.82) is 0 Å². The zero-order valence-electron chi connectivity index (χ0n) is 16.1. The zero-order valence-corrected chi connectivity index (χ0v) is 16.1. The molecule has 0 radical (unpaired) electrons. The Hall–Kier alpha value is -3.15. The largest absolute Gasteiger partial charge is 0.332 e. The van der Waals surface area contributed by atoms with Crippen LogP contribution in [-0.4, -0.2) is 18.1 Å². The number of nitrogens with zero attached hydrogens (tertiary/aromatic N) is 1. The predicted octanol–water partition coefficient (Wildman–Crippen LogP) is 3.58. The van der Waals surface area contributed by atoms with Crippen molar-refractivity contribution in [2.24, 2.45) is 5.73 Å². The van der Waals surface area contributed by atoms with Crippen LogP contribution in [0.25, 0.3) is 0 Å². The van der Waals surface area contributed by atoms with Gasteiger partial charge in [0.05, 0.1) is 11.7 Å². The predicted molar refractivity (Wildman–Crippen MR) is 114 cm³/mol. The molecule has 1 aliphatic rings. The summed E-state index contributed by atoms with van der Waals surface area (Å²) in [4.78, 5) is 19.0. The van der Waals surface area contributed by atoms with Gasteiger partial charge in [-0.15, -0.1) is 0 Å². The van der Waals surface area contributed by atoms with Gasteiger partial charge in [-0.3, -0.25) is 9.63 Å². The molecule has 3 aromatic carbocycles. The number of nitrogens with two attached hydrogens (primary N) is 1. The summed E-state index contributed by atoms with van der Waals surface area (Å²) in [5, 5.41) is 4.87. The van der Waals surface area contributed by atoms with Crippen molar-refractivity contribution < 1.29 is 9.63 Å². The molecular weight excluding hydrogens is 362 g/mol. The van der Waals surface area contributed by atoms with Crippen LogP contribution in [0.15, 0.2) is 91.0 Å². The highest BCUT2D eigenvalue weighted by Gasteiger charge is 2.36. The number of hydroxylamine groups is 1. The number of para-hydroxylation sites is 1. The van der Waals surface area contributed by atoms with Crippen LogP contribution in [0, 0.1) is 0 Å². The van der Waals surface area contributed by atoms with Crippen molar-refractivity contribution in [2.75, 3.05) is 5.06 Å². The quantitative estimate of drug-likeness (QED) is 0.678. The first kappa shape index (κ1) is 19.2. The van der Waals surface area contributed by atoms with Gasteiger partial charge in [-0.2, -0.15) is 0 Å². The van der Waals surface area contributed by atoms with Gasteiger partial charge in [0, 0.05) is 6.42 Å². The summed E-state index contributed by atoms with van der Waals surface area (Å²) in [6.45, 7) is 0. The van der Waals surface area contributed by atoms with Crippen LogP contribution >= 0.6 is 0 Å². The van der Waals surface area contributed by atoms with Crippen molar-refractivity contribution in [1.82, 2.24) is 5.32 Å². The zero-order chi connectivity index (χ0) is 20.1. The van der Waals surface area contributed by atoms with Crippen LogP contribution in [0.2, 0.25) is 0 Å². The van der Waals surface area contributed by atoms with Gasteiger partial charge in [0.1, 0.15) is 12.3 Å². The average Bonchev–Trinajstić information content (AvgIpc) is 3.19. The monoisotopic (exact) mass is 387 g/mol. The third-order valence-electron chi connectivity index (χ3n) is 5.09. The smallest absolute Gasteiger partial charge is 0.238 e. The fourth-order valence-corrected chi connectivity index (χ4v) is 3.58. The van der Waals surface area contributed by atoms with Crippen molar-refractivity contribution >= 4 is 11.6 Å². The van der Waals surface area contributed by atoms with E-state index in [0.29, 0.717) is 12.8 Å². The van der Waals surface area contributed by atoms with Gasteiger partial charge < -0.3 is 11.1 Å². The van der Waals surface area contributed by atoms with E-state index in [1.54, 1.807) is 5.06 Å². The van der Waals surface area contributed by atoms with E-state index < -0.39 is 6.04 Å². The van der Waals surface area contributed by atoms with Crippen molar-refractivity contribution in [3.05, 3.63) is 102 Å². The Kier molecular flexibility index (Phi) is 5.89. The molecule has 0 unspecified atom stereocenters. The first-order valence-corrected chi connectivity index (χ1v) is 9.86. The third kappa shape index (κ3) is 4.65. The molecule has 3 atom stereocenters. The lowest BCUT2D eigenvalue weighted by Gasteiger charge is -2.26. The van der Waals surface area contributed by atoms with Crippen LogP contribution in [-0.2, 0) is 16.1 Å². The fourth-order valence-electron chi connectivity index (χ4n) is 3.58. The normalized spacial score (nSPS) is 19.7. The highest BCUT2D eigenvalue weighted by molar-refractivity contribution is 5.82. The standard InChI is InChI=1S/C24H25N3O2/c25-21(16-18-10-4-1-5-11-18)24(28)26-23-17-22(19-12-6-2-7-13-19)29-27(23)20-14-8-3-9-15-20/h1-15,21-23H,16-17,25H2,(H,26,28)/t21-,22+,23+/m0/s1. The van der Waals surface area contributed by atoms with Crippen LogP contribution < -0.4 is 16.1 Å². The van der Waals surface area contributed by atoms with Crippen molar-refractivity contribution in [2.45, 2.75) is 31.2 Å². The average molecular weight is 387 g/mol. The summed E-state index contributed by atoms with van der Waals surface area (Å²) < 4.78 is 0. The minimum Gasteiger partial charge on any atom is -0.332 e. The second-order valence-corrected chi connectivity index (χ2v) is 7.22. The maximum atomic E-state index is 12.8. The topological polar surface area (TPSA) is 67.6 Å². The number of anilines is 1. The van der Waals surface area contributed by atoms with E-state index in [9.17, 15) is 4.79 Å². The summed E-state index contributed by atoms with van der Waals surface area (Å²) in [5.74, 6) is -0.183. The Labute approximate surface area is 171 Å². The van der Waals surface area contributed by atoms with Crippen LogP contribution in [0.3, 0.4) is 0 Å². The van der Waals surface area contributed by atoms with E-state index >= 15 is 0 Å². The lowest BCUT2D eigenvalue weighted by atomic mass is 10.0. The van der Waals surface area contributed by atoms with E-state index in [1.165, 1.54) is 0 Å². The summed E-state index contributed by atoms with van der Waals surface area (Å²) >= 11 is 0. The number of rotatable bonds is 6. The maximum Gasteiger partial charge on any atom is 0.238 e. The minimum atomic E-state index is -0.620. The second kappa shape index (κ2) is 8.90. The molecule has 4 rings (SSSR count). The number of hydrogen-bond acceptors (Lipinski definition) is 4. The number of hydrogen-bond donors (Lipinski definition) is 2. The first-order chi connectivity index (χ1) is 14.2. The summed E-state index contributed by atoms with van der Waals surface area (Å²) in [6, 6.07) is 29.0. The molecule has 29 heavy (non-hydrogen) atoms. The van der Waals surface area contributed by atoms with Gasteiger partial charge in [0.15, 0.2) is 0 Å². The van der Waals surface area contributed by atoms with Crippen LogP contribution in [0.5, 0.6) is 0 Å². The van der Waals surface area contributed by atoms with E-state index in [1.807, 2.05) is 91.0 Å². The molecule has 1 saturated heterocycles. The molecule has 0 aromatic heterocycles. The fraction of sp³-hybridized carbons (Fsp3) is 0.208. The summed E-state index contributed by atoms with van der Waals surface area (Å²) in [6.07, 6.45) is 0.708. The van der Waals surface area contributed by atoms with Gasteiger partial charge in [-0.05, 0) is 29.7 Å². The maximum absolute atomic E-state index is 12.8. The van der Waals surface area contributed by atoms with E-state index in [2.05, 4.69) is 5.32 Å². The van der Waals surface area contributed by atoms with E-state index in [4.69, 9.17) is 10.6 Å². The van der Waals surface area contributed by atoms with E-state index in [-0.39, 0.29) is 18.2 Å². The molecule has 1 fully saturated rings. The highest BCUT2D eigenvalue weighted by Crippen LogP contribution is 2.35. The Balaban J connectivity index is 1.49. The summed E-state index contributed by atoms with van der Waals surface area (Å²) in [7, 11) is 0. The molecule has 0 saturated carbocycles. The first-order valence-electron chi connectivity index (χ1n) is 9.86. The lowest BCUT2D eigenvalue weighted by Crippen LogP contribution is -2.50. The van der Waals surface area contributed by atoms with Crippen molar-refractivity contribution in [3.8, 4) is 0 Å². The molecule has 3 aromatic rings. The Morgan fingerprint density at radius 3 is 2.21 bits per heavy atom. The Morgan fingerprint density at radius 1 is 0.966 bits per heavy atom. The number of carbonyl (C=O) groups excluding carboxylic acids is 1. The number of amides is 1. The minimum absolute atomic E-state index is 0.132. The Morgan fingerprint density at radius 2 is 1.55 bits per heavy atom. The second-order valence-electron chi connectivity index (χ2n) is 7.22. The molecule has 5 nitrogen and oxygen atoms in total. The van der Waals surface area contributed by atoms with Gasteiger partial charge in [-0.1, -0.05) is 78.9 Å². The molecule has 1 heterocycles. The van der Waals surface area contributed by atoms with Gasteiger partial charge in [0.2, 0.25) is 5.91 Å². The number of benzene rings is 3. The highest BCUT2D eigenvalue weighted by atomic mass is 16.7. The summed E-state index contributed by atoms with van der Waals surface area (Å²) in [5.41, 5.74) is 9.21. The molecule has 5 heteroatoms. The number of nitrogens with one attached hydrogen (secondary N) is 1. The molecule has 0 bridgehead atoms. The Bertz CT molecular complexity index is 919. The molecular formula is C24H25N3O2. The van der Waals surface area contributed by atoms with Gasteiger partial charge >= 0.3 is 0 Å². The van der Waals surface area contributed by atoms with E-state index in [0.717, 1.165) is 16.8 Å². The molecule has 148 valence electrons. The molecule has 3 N–H and O–H groups in total. The number of carbonyl (C=O) groups is 1. The SMILES string of the molecule is N[C@@H](Cc1ccccc1)C(=O)N[C@H]1C[C@H](c2ccccc2)ON1c1ccccc1. The van der Waals surface area contributed by atoms with Gasteiger partial charge in [-0.25, -0.2) is 5.06 Å². The van der Waals surface area contributed by atoms with Crippen LogP contribution in [0.1, 0.15) is 23.7 Å². The molecule has 0 spiro atoms. The van der Waals surface area contributed by atoms with Gasteiger partial charge in [0.25, 0.3) is 0 Å². The lowest BCUT2D eigenvalue weighted by molar-refractivity contribution is -0.123. The molecule has 0 aliphatic carbocycles. The van der Waals surface area contributed by atoms with Crippen LogP contribution in [0.4, 0.5) is 5.69 Å².